The first-order valence-corrected chi connectivity index (χ1v) is 8.65. The lowest BCUT2D eigenvalue weighted by Gasteiger charge is -2.26. The van der Waals surface area contributed by atoms with E-state index in [0.29, 0.717) is 23.4 Å². The fourth-order valence-corrected chi connectivity index (χ4v) is 2.96. The van der Waals surface area contributed by atoms with Crippen LogP contribution in [0.3, 0.4) is 0 Å². The minimum absolute atomic E-state index is 0. The Morgan fingerprint density at radius 3 is 2.08 bits per heavy atom. The van der Waals surface area contributed by atoms with Crippen molar-refractivity contribution in [1.29, 1.82) is 0 Å². The summed E-state index contributed by atoms with van der Waals surface area (Å²) in [5, 5.41) is 2.87. The Hall–Kier alpha value is -2.53. The molecule has 0 aliphatic carbocycles. The van der Waals surface area contributed by atoms with Crippen LogP contribution in [0.25, 0.3) is 0 Å². The number of piperidine rings is 1. The molecule has 2 aromatic rings. The van der Waals surface area contributed by atoms with Gasteiger partial charge >= 0.3 is 0 Å². The summed E-state index contributed by atoms with van der Waals surface area (Å²) in [5.41, 5.74) is 8.49. The smallest absolute Gasteiger partial charge is 0.253 e. The van der Waals surface area contributed by atoms with Gasteiger partial charge < -0.3 is 16.0 Å². The molecule has 2 amide bonds. The van der Waals surface area contributed by atoms with Crippen LogP contribution in [0.15, 0.2) is 48.5 Å². The third-order valence-corrected chi connectivity index (χ3v) is 4.47. The van der Waals surface area contributed by atoms with Crippen molar-refractivity contribution in [3.63, 3.8) is 0 Å². The minimum Gasteiger partial charge on any atom is -0.399 e. The Bertz CT molecular complexity index is 739. The van der Waals surface area contributed by atoms with Crippen molar-refractivity contribution in [3.8, 4) is 0 Å². The first-order chi connectivity index (χ1) is 12.1. The molecule has 0 spiro atoms. The number of benzene rings is 2. The van der Waals surface area contributed by atoms with Gasteiger partial charge in [0.25, 0.3) is 11.8 Å². The molecule has 0 radical (unpaired) electrons. The van der Waals surface area contributed by atoms with E-state index in [9.17, 15) is 9.59 Å². The van der Waals surface area contributed by atoms with Crippen LogP contribution in [0.1, 0.15) is 45.5 Å². The maximum Gasteiger partial charge on any atom is 0.253 e. The average molecular weight is 374 g/mol. The van der Waals surface area contributed by atoms with E-state index < -0.39 is 0 Å². The summed E-state index contributed by atoms with van der Waals surface area (Å²) < 4.78 is 0. The summed E-state index contributed by atoms with van der Waals surface area (Å²) in [6.07, 6.45) is 3.37. The molecule has 0 atom stereocenters. The first-order valence-electron chi connectivity index (χ1n) is 8.65. The molecule has 1 aliphatic heterocycles. The van der Waals surface area contributed by atoms with Gasteiger partial charge in [-0.1, -0.05) is 12.1 Å². The zero-order valence-corrected chi connectivity index (χ0v) is 15.4. The Labute approximate surface area is 160 Å². The fourth-order valence-electron chi connectivity index (χ4n) is 2.96. The molecule has 0 bridgehead atoms. The summed E-state index contributed by atoms with van der Waals surface area (Å²) >= 11 is 0. The van der Waals surface area contributed by atoms with Crippen molar-refractivity contribution in [3.05, 3.63) is 65.2 Å². The van der Waals surface area contributed by atoms with Gasteiger partial charge in [0.15, 0.2) is 0 Å². The van der Waals surface area contributed by atoms with Crippen LogP contribution in [0.2, 0.25) is 0 Å². The SMILES string of the molecule is Cl.Nc1ccc(C(=O)NCc2ccc(C(=O)N3CCCCC3)cc2)cc1. The summed E-state index contributed by atoms with van der Waals surface area (Å²) in [7, 11) is 0. The summed E-state index contributed by atoms with van der Waals surface area (Å²) in [5.74, 6) is -0.0503. The maximum absolute atomic E-state index is 12.4. The number of likely N-dealkylation sites (tertiary alicyclic amines) is 1. The predicted molar refractivity (Wildman–Crippen MR) is 105 cm³/mol. The number of carbonyl (C=O) groups is 2. The molecule has 0 aromatic heterocycles. The van der Waals surface area contributed by atoms with Crippen LogP contribution >= 0.6 is 12.4 Å². The van der Waals surface area contributed by atoms with Gasteiger partial charge in [-0.15, -0.1) is 12.4 Å². The number of halogens is 1. The van der Waals surface area contributed by atoms with Crippen molar-refractivity contribution in [2.75, 3.05) is 18.8 Å². The van der Waals surface area contributed by atoms with Gasteiger partial charge in [0.1, 0.15) is 0 Å². The number of rotatable bonds is 4. The summed E-state index contributed by atoms with van der Waals surface area (Å²) in [6.45, 7) is 2.11. The molecule has 1 saturated heterocycles. The molecule has 26 heavy (non-hydrogen) atoms. The second-order valence-corrected chi connectivity index (χ2v) is 6.35. The maximum atomic E-state index is 12.4. The number of hydrogen-bond donors (Lipinski definition) is 2. The average Bonchev–Trinajstić information content (AvgIpc) is 2.67. The van der Waals surface area contributed by atoms with E-state index in [1.165, 1.54) is 6.42 Å². The highest BCUT2D eigenvalue weighted by Gasteiger charge is 2.17. The second kappa shape index (κ2) is 9.25. The largest absolute Gasteiger partial charge is 0.399 e. The third kappa shape index (κ3) is 4.99. The molecule has 0 saturated carbocycles. The number of nitrogen functional groups attached to an aromatic ring is 1. The van der Waals surface area contributed by atoms with E-state index in [0.717, 1.165) is 31.5 Å². The van der Waals surface area contributed by atoms with Crippen LogP contribution in [0.5, 0.6) is 0 Å². The van der Waals surface area contributed by atoms with Crippen LogP contribution in [-0.2, 0) is 6.54 Å². The van der Waals surface area contributed by atoms with E-state index in [1.807, 2.05) is 29.2 Å². The summed E-state index contributed by atoms with van der Waals surface area (Å²) in [4.78, 5) is 26.5. The molecule has 6 heteroatoms. The minimum atomic E-state index is -0.145. The van der Waals surface area contributed by atoms with Gasteiger partial charge in [0, 0.05) is 36.4 Å². The van der Waals surface area contributed by atoms with E-state index in [1.54, 1.807) is 24.3 Å². The topological polar surface area (TPSA) is 75.4 Å². The van der Waals surface area contributed by atoms with E-state index in [-0.39, 0.29) is 24.2 Å². The number of carbonyl (C=O) groups excluding carboxylic acids is 2. The van der Waals surface area contributed by atoms with Crippen LogP contribution in [0.4, 0.5) is 5.69 Å². The van der Waals surface area contributed by atoms with Crippen molar-refractivity contribution < 1.29 is 9.59 Å². The Morgan fingerprint density at radius 2 is 1.46 bits per heavy atom. The van der Waals surface area contributed by atoms with Gasteiger partial charge in [0.2, 0.25) is 0 Å². The predicted octanol–water partition coefficient (Wildman–Crippen LogP) is 3.25. The van der Waals surface area contributed by atoms with Crippen molar-refractivity contribution in [1.82, 2.24) is 10.2 Å². The molecule has 1 aliphatic rings. The fraction of sp³-hybridized carbons (Fsp3) is 0.300. The molecule has 3 rings (SSSR count). The zero-order valence-electron chi connectivity index (χ0n) is 14.6. The molecule has 5 nitrogen and oxygen atoms in total. The number of anilines is 1. The van der Waals surface area contributed by atoms with Gasteiger partial charge in [-0.05, 0) is 61.2 Å². The van der Waals surface area contributed by atoms with Crippen LogP contribution < -0.4 is 11.1 Å². The zero-order chi connectivity index (χ0) is 17.6. The summed E-state index contributed by atoms with van der Waals surface area (Å²) in [6, 6.07) is 14.3. The first kappa shape index (κ1) is 19.8. The van der Waals surface area contributed by atoms with Gasteiger partial charge in [-0.2, -0.15) is 0 Å². The highest BCUT2D eigenvalue weighted by molar-refractivity contribution is 5.95. The number of nitrogens with zero attached hydrogens (tertiary/aromatic N) is 1. The molecule has 138 valence electrons. The Kier molecular flexibility index (Phi) is 7.04. The molecule has 1 fully saturated rings. The highest BCUT2D eigenvalue weighted by Crippen LogP contribution is 2.14. The van der Waals surface area contributed by atoms with E-state index >= 15 is 0 Å². The van der Waals surface area contributed by atoms with Gasteiger partial charge in [-0.25, -0.2) is 0 Å². The van der Waals surface area contributed by atoms with E-state index in [4.69, 9.17) is 5.73 Å². The van der Waals surface area contributed by atoms with Crippen LogP contribution in [-0.4, -0.2) is 29.8 Å². The third-order valence-electron chi connectivity index (χ3n) is 4.47. The molecule has 1 heterocycles. The van der Waals surface area contributed by atoms with Gasteiger partial charge in [0.05, 0.1) is 0 Å². The second-order valence-electron chi connectivity index (χ2n) is 6.35. The lowest BCUT2D eigenvalue weighted by Crippen LogP contribution is -2.35. The number of nitrogens with one attached hydrogen (secondary N) is 1. The Morgan fingerprint density at radius 1 is 0.885 bits per heavy atom. The number of amides is 2. The quantitative estimate of drug-likeness (QED) is 0.808. The number of nitrogens with two attached hydrogens (primary N) is 1. The van der Waals surface area contributed by atoms with Crippen molar-refractivity contribution >= 4 is 29.9 Å². The Balaban J connectivity index is 0.00000243. The van der Waals surface area contributed by atoms with Gasteiger partial charge in [-0.3, -0.25) is 9.59 Å². The normalized spacial score (nSPS) is 13.6. The molecular weight excluding hydrogens is 350 g/mol. The molecule has 3 N–H and O–H groups in total. The molecule has 0 unspecified atom stereocenters. The number of hydrogen-bond acceptors (Lipinski definition) is 3. The van der Waals surface area contributed by atoms with Crippen LogP contribution in [0, 0.1) is 0 Å². The van der Waals surface area contributed by atoms with Crippen molar-refractivity contribution in [2.45, 2.75) is 25.8 Å². The molecule has 2 aromatic carbocycles. The van der Waals surface area contributed by atoms with Crippen molar-refractivity contribution in [2.24, 2.45) is 0 Å². The highest BCUT2D eigenvalue weighted by atomic mass is 35.5. The lowest BCUT2D eigenvalue weighted by atomic mass is 10.1. The van der Waals surface area contributed by atoms with E-state index in [2.05, 4.69) is 5.32 Å². The molecular formula is C20H24ClN3O2. The lowest BCUT2D eigenvalue weighted by molar-refractivity contribution is 0.0724. The standard InChI is InChI=1S/C20H23N3O2.ClH/c21-18-10-8-16(9-11-18)19(24)22-14-15-4-6-17(7-5-15)20(25)23-12-2-1-3-13-23;/h4-11H,1-3,12-14,21H2,(H,22,24);1H. The monoisotopic (exact) mass is 373 g/mol.